The summed E-state index contributed by atoms with van der Waals surface area (Å²) < 4.78 is 27.6. The summed E-state index contributed by atoms with van der Waals surface area (Å²) in [5, 5.41) is 3.24. The summed E-state index contributed by atoms with van der Waals surface area (Å²) in [7, 11) is 0. The molecule has 0 saturated carbocycles. The van der Waals surface area contributed by atoms with Crippen LogP contribution >= 0.6 is 15.9 Å². The molecule has 0 aliphatic rings. The van der Waals surface area contributed by atoms with Crippen LogP contribution in [0.3, 0.4) is 0 Å². The Hall–Kier alpha value is -1.26. The summed E-state index contributed by atoms with van der Waals surface area (Å²) in [6.45, 7) is 4.50. The second kappa shape index (κ2) is 6.46. The number of benzene rings is 2. The zero-order chi connectivity index (χ0) is 14.7. The van der Waals surface area contributed by atoms with Gasteiger partial charge in [-0.3, -0.25) is 0 Å². The van der Waals surface area contributed by atoms with Crippen LogP contribution in [0.2, 0.25) is 0 Å². The summed E-state index contributed by atoms with van der Waals surface area (Å²) >= 11 is 3.51. The van der Waals surface area contributed by atoms with Crippen LogP contribution in [0, 0.1) is 18.6 Å². The maximum atomic E-state index is 13.7. The van der Waals surface area contributed by atoms with Gasteiger partial charge in [-0.2, -0.15) is 0 Å². The van der Waals surface area contributed by atoms with Crippen molar-refractivity contribution in [3.8, 4) is 0 Å². The third-order valence-corrected chi connectivity index (χ3v) is 3.97. The molecule has 1 nitrogen and oxygen atoms in total. The minimum Gasteiger partial charge on any atom is -0.306 e. The van der Waals surface area contributed by atoms with Crippen molar-refractivity contribution in [3.05, 3.63) is 69.2 Å². The van der Waals surface area contributed by atoms with Gasteiger partial charge in [0.15, 0.2) is 0 Å². The quantitative estimate of drug-likeness (QED) is 0.836. The highest BCUT2D eigenvalue weighted by atomic mass is 79.9. The maximum absolute atomic E-state index is 13.7. The van der Waals surface area contributed by atoms with Gasteiger partial charge in [0.05, 0.1) is 0 Å². The minimum absolute atomic E-state index is 0.191. The lowest BCUT2D eigenvalue weighted by Crippen LogP contribution is -2.19. The highest BCUT2D eigenvalue weighted by Crippen LogP contribution is 2.21. The topological polar surface area (TPSA) is 12.0 Å². The van der Waals surface area contributed by atoms with E-state index in [0.717, 1.165) is 16.1 Å². The first-order valence-electron chi connectivity index (χ1n) is 6.40. The molecule has 0 aliphatic heterocycles. The number of hydrogen-bond acceptors (Lipinski definition) is 1. The Kier molecular flexibility index (Phi) is 4.89. The standard InChI is InChI=1S/C16H16BrF2N/c1-10-3-4-12(15(17)7-10)9-20-11(2)14-6-5-13(18)8-16(14)19/h3-8,11,20H,9H2,1-2H3. The number of nitrogens with one attached hydrogen (secondary N) is 1. The molecular weight excluding hydrogens is 324 g/mol. The van der Waals surface area contributed by atoms with Crippen molar-refractivity contribution in [2.45, 2.75) is 26.4 Å². The molecule has 0 heterocycles. The van der Waals surface area contributed by atoms with Crippen LogP contribution in [-0.4, -0.2) is 0 Å². The van der Waals surface area contributed by atoms with Crippen molar-refractivity contribution >= 4 is 15.9 Å². The summed E-state index contributed by atoms with van der Waals surface area (Å²) in [6, 6.07) is 9.58. The molecule has 0 radical (unpaired) electrons. The van der Waals surface area contributed by atoms with Crippen LogP contribution in [0.4, 0.5) is 8.78 Å². The van der Waals surface area contributed by atoms with Gasteiger partial charge >= 0.3 is 0 Å². The monoisotopic (exact) mass is 339 g/mol. The number of rotatable bonds is 4. The summed E-state index contributed by atoms with van der Waals surface area (Å²) in [6.07, 6.45) is 0. The molecule has 106 valence electrons. The average Bonchev–Trinajstić information content (AvgIpc) is 2.37. The van der Waals surface area contributed by atoms with Crippen molar-refractivity contribution in [2.24, 2.45) is 0 Å². The SMILES string of the molecule is Cc1ccc(CNC(C)c2ccc(F)cc2F)c(Br)c1. The fourth-order valence-corrected chi connectivity index (χ4v) is 2.65. The molecule has 20 heavy (non-hydrogen) atoms. The van der Waals surface area contributed by atoms with Crippen LogP contribution in [0.15, 0.2) is 40.9 Å². The van der Waals surface area contributed by atoms with Gasteiger partial charge in [0.2, 0.25) is 0 Å². The third kappa shape index (κ3) is 3.64. The van der Waals surface area contributed by atoms with E-state index >= 15 is 0 Å². The first kappa shape index (κ1) is 15.1. The van der Waals surface area contributed by atoms with Gasteiger partial charge in [0.1, 0.15) is 11.6 Å². The van der Waals surface area contributed by atoms with Crippen LogP contribution in [0.1, 0.15) is 29.7 Å². The van der Waals surface area contributed by atoms with E-state index in [1.807, 2.05) is 32.0 Å². The smallest absolute Gasteiger partial charge is 0.130 e. The molecule has 1 unspecified atom stereocenters. The number of hydrogen-bond donors (Lipinski definition) is 1. The first-order valence-corrected chi connectivity index (χ1v) is 7.20. The van der Waals surface area contributed by atoms with E-state index in [1.165, 1.54) is 17.7 Å². The van der Waals surface area contributed by atoms with E-state index in [2.05, 4.69) is 21.2 Å². The molecule has 2 aromatic carbocycles. The molecule has 0 saturated heterocycles. The van der Waals surface area contributed by atoms with Crippen molar-refractivity contribution in [1.29, 1.82) is 0 Å². The van der Waals surface area contributed by atoms with E-state index in [4.69, 9.17) is 0 Å². The number of halogens is 3. The fraction of sp³-hybridized carbons (Fsp3) is 0.250. The average molecular weight is 340 g/mol. The fourth-order valence-electron chi connectivity index (χ4n) is 2.02. The van der Waals surface area contributed by atoms with E-state index in [-0.39, 0.29) is 6.04 Å². The van der Waals surface area contributed by atoms with Crippen molar-refractivity contribution in [2.75, 3.05) is 0 Å². The zero-order valence-electron chi connectivity index (χ0n) is 11.4. The van der Waals surface area contributed by atoms with E-state index in [9.17, 15) is 8.78 Å². The Morgan fingerprint density at radius 3 is 2.55 bits per heavy atom. The lowest BCUT2D eigenvalue weighted by molar-refractivity contribution is 0.517. The Balaban J connectivity index is 2.06. The van der Waals surface area contributed by atoms with Gasteiger partial charge in [-0.05, 0) is 37.1 Å². The Morgan fingerprint density at radius 2 is 1.90 bits per heavy atom. The van der Waals surface area contributed by atoms with E-state index < -0.39 is 11.6 Å². The highest BCUT2D eigenvalue weighted by Gasteiger charge is 2.11. The van der Waals surface area contributed by atoms with Crippen molar-refractivity contribution in [1.82, 2.24) is 5.32 Å². The number of aryl methyl sites for hydroxylation is 1. The predicted molar refractivity (Wildman–Crippen MR) is 80.5 cm³/mol. The van der Waals surface area contributed by atoms with Crippen LogP contribution in [0.25, 0.3) is 0 Å². The molecule has 1 N–H and O–H groups in total. The molecule has 0 aromatic heterocycles. The second-order valence-corrected chi connectivity index (χ2v) is 5.72. The molecule has 4 heteroatoms. The van der Waals surface area contributed by atoms with Gasteiger partial charge < -0.3 is 5.32 Å². The molecule has 1 atom stereocenters. The zero-order valence-corrected chi connectivity index (χ0v) is 13.0. The lowest BCUT2D eigenvalue weighted by atomic mass is 10.1. The predicted octanol–water partition coefficient (Wildman–Crippen LogP) is 4.89. The molecule has 0 fully saturated rings. The second-order valence-electron chi connectivity index (χ2n) is 4.86. The molecule has 2 aromatic rings. The van der Waals surface area contributed by atoms with Crippen molar-refractivity contribution < 1.29 is 8.78 Å². The van der Waals surface area contributed by atoms with Crippen molar-refractivity contribution in [3.63, 3.8) is 0 Å². The van der Waals surface area contributed by atoms with Gasteiger partial charge in [0, 0.05) is 28.7 Å². The summed E-state index contributed by atoms with van der Waals surface area (Å²) in [4.78, 5) is 0. The molecule has 0 bridgehead atoms. The van der Waals surface area contributed by atoms with Gasteiger partial charge in [-0.15, -0.1) is 0 Å². The molecule has 0 amide bonds. The highest BCUT2D eigenvalue weighted by molar-refractivity contribution is 9.10. The lowest BCUT2D eigenvalue weighted by Gasteiger charge is -2.16. The van der Waals surface area contributed by atoms with E-state index in [0.29, 0.717) is 12.1 Å². The summed E-state index contributed by atoms with van der Waals surface area (Å²) in [5.74, 6) is -1.08. The normalized spacial score (nSPS) is 12.4. The Morgan fingerprint density at radius 1 is 1.15 bits per heavy atom. The van der Waals surface area contributed by atoms with Gasteiger partial charge in [-0.25, -0.2) is 8.78 Å². The van der Waals surface area contributed by atoms with E-state index in [1.54, 1.807) is 0 Å². The maximum Gasteiger partial charge on any atom is 0.130 e. The van der Waals surface area contributed by atoms with Gasteiger partial charge in [-0.1, -0.05) is 34.1 Å². The first-order chi connectivity index (χ1) is 9.47. The summed E-state index contributed by atoms with van der Waals surface area (Å²) in [5.41, 5.74) is 2.75. The largest absolute Gasteiger partial charge is 0.306 e. The Labute approximate surface area is 126 Å². The van der Waals surface area contributed by atoms with Crippen LogP contribution < -0.4 is 5.32 Å². The minimum atomic E-state index is -0.556. The van der Waals surface area contributed by atoms with Gasteiger partial charge in [0.25, 0.3) is 0 Å². The molecule has 0 aliphatic carbocycles. The molecule has 2 rings (SSSR count). The van der Waals surface area contributed by atoms with Crippen LogP contribution in [0.5, 0.6) is 0 Å². The van der Waals surface area contributed by atoms with Crippen LogP contribution in [-0.2, 0) is 6.54 Å². The molecule has 0 spiro atoms. The third-order valence-electron chi connectivity index (χ3n) is 3.24. The Bertz CT molecular complexity index is 613. The molecular formula is C16H16BrF2N.